The lowest BCUT2D eigenvalue weighted by Crippen LogP contribution is -2.01. The van der Waals surface area contributed by atoms with Gasteiger partial charge in [-0.3, -0.25) is 0 Å². The van der Waals surface area contributed by atoms with Crippen molar-refractivity contribution in [1.82, 2.24) is 0 Å². The van der Waals surface area contributed by atoms with Crippen LogP contribution in [-0.2, 0) is 20.9 Å². The second-order valence-electron chi connectivity index (χ2n) is 4.67. The van der Waals surface area contributed by atoms with Crippen LogP contribution in [0, 0.1) is 0 Å². The Morgan fingerprint density at radius 2 is 1.96 bits per heavy atom. The molecule has 0 aliphatic heterocycles. The first-order valence-electron chi connectivity index (χ1n) is 7.37. The Morgan fingerprint density at radius 3 is 2.71 bits per heavy atom. The summed E-state index contributed by atoms with van der Waals surface area (Å²) in [5.74, 6) is -0.00766. The van der Waals surface area contributed by atoms with Gasteiger partial charge in [0.15, 0.2) is 0 Å². The molecular weight excluding hydrogens is 312 g/mol. The lowest BCUT2D eigenvalue weighted by atomic mass is 10.2. The van der Waals surface area contributed by atoms with Crippen molar-refractivity contribution in [2.75, 3.05) is 13.7 Å². The maximum atomic E-state index is 11.8. The molecule has 6 nitrogen and oxygen atoms in total. The molecule has 0 fully saturated rings. The van der Waals surface area contributed by atoms with Gasteiger partial charge in [-0.05, 0) is 31.2 Å². The van der Waals surface area contributed by atoms with E-state index < -0.39 is 11.9 Å². The van der Waals surface area contributed by atoms with Gasteiger partial charge in [-0.15, -0.1) is 0 Å². The Kier molecular flexibility index (Phi) is 6.19. The van der Waals surface area contributed by atoms with Crippen molar-refractivity contribution in [3.05, 3.63) is 59.6 Å². The summed E-state index contributed by atoms with van der Waals surface area (Å²) in [6.07, 6.45) is 2.93. The molecule has 0 saturated carbocycles. The van der Waals surface area contributed by atoms with E-state index in [4.69, 9.17) is 13.9 Å². The number of methoxy groups -OCH3 is 1. The largest absolute Gasteiger partial charge is 0.493 e. The van der Waals surface area contributed by atoms with Crippen LogP contribution >= 0.6 is 0 Å². The second-order valence-corrected chi connectivity index (χ2v) is 4.67. The van der Waals surface area contributed by atoms with Gasteiger partial charge in [0, 0.05) is 11.6 Å². The Bertz CT molecular complexity index is 729. The summed E-state index contributed by atoms with van der Waals surface area (Å²) in [7, 11) is 1.26. The molecule has 1 aromatic carbocycles. The Morgan fingerprint density at radius 1 is 1.17 bits per heavy atom. The van der Waals surface area contributed by atoms with Crippen molar-refractivity contribution in [1.29, 1.82) is 0 Å². The van der Waals surface area contributed by atoms with E-state index in [1.165, 1.54) is 19.3 Å². The quantitative estimate of drug-likeness (QED) is 0.573. The van der Waals surface area contributed by atoms with Gasteiger partial charge in [0.1, 0.15) is 18.1 Å². The standard InChI is InChI=1S/C18H18O6/c1-3-22-15-7-5-4-6-13(15)8-11-17(19)23-12-14-9-10-16(24-14)18(20)21-2/h4-11H,3,12H2,1-2H3/b11-8+. The molecule has 0 aliphatic rings. The summed E-state index contributed by atoms with van der Waals surface area (Å²) >= 11 is 0. The average molecular weight is 330 g/mol. The van der Waals surface area contributed by atoms with Crippen LogP contribution in [0.5, 0.6) is 5.75 Å². The number of benzene rings is 1. The van der Waals surface area contributed by atoms with Gasteiger partial charge in [0.05, 0.1) is 13.7 Å². The summed E-state index contributed by atoms with van der Waals surface area (Å²) in [5, 5.41) is 0. The van der Waals surface area contributed by atoms with Crippen molar-refractivity contribution in [2.24, 2.45) is 0 Å². The average Bonchev–Trinajstić information content (AvgIpc) is 3.08. The number of esters is 2. The third-order valence-electron chi connectivity index (χ3n) is 3.02. The van der Waals surface area contributed by atoms with E-state index in [2.05, 4.69) is 4.74 Å². The normalized spacial score (nSPS) is 10.6. The number of carbonyl (C=O) groups is 2. The SMILES string of the molecule is CCOc1ccccc1/C=C/C(=O)OCc1ccc(C(=O)OC)o1. The fraction of sp³-hybridized carbons (Fsp3) is 0.222. The maximum Gasteiger partial charge on any atom is 0.373 e. The van der Waals surface area contributed by atoms with Crippen LogP contribution in [0.1, 0.15) is 28.8 Å². The highest BCUT2D eigenvalue weighted by Gasteiger charge is 2.11. The molecule has 1 heterocycles. The van der Waals surface area contributed by atoms with Crippen molar-refractivity contribution in [2.45, 2.75) is 13.5 Å². The van der Waals surface area contributed by atoms with Crippen molar-refractivity contribution >= 4 is 18.0 Å². The first-order chi connectivity index (χ1) is 11.6. The van der Waals surface area contributed by atoms with Gasteiger partial charge in [-0.1, -0.05) is 18.2 Å². The lowest BCUT2D eigenvalue weighted by Gasteiger charge is -2.06. The predicted octanol–water partition coefficient (Wildman–Crippen LogP) is 3.22. The number of rotatable bonds is 7. The zero-order valence-corrected chi connectivity index (χ0v) is 13.5. The summed E-state index contributed by atoms with van der Waals surface area (Å²) in [5.41, 5.74) is 0.780. The van der Waals surface area contributed by atoms with Crippen molar-refractivity contribution in [3.8, 4) is 5.75 Å². The summed E-state index contributed by atoms with van der Waals surface area (Å²) in [4.78, 5) is 23.0. The highest BCUT2D eigenvalue weighted by Crippen LogP contribution is 2.19. The van der Waals surface area contributed by atoms with E-state index in [1.807, 2.05) is 31.2 Å². The van der Waals surface area contributed by atoms with Crippen LogP contribution in [-0.4, -0.2) is 25.7 Å². The monoisotopic (exact) mass is 330 g/mol. The van der Waals surface area contributed by atoms with E-state index >= 15 is 0 Å². The molecule has 24 heavy (non-hydrogen) atoms. The number of hydrogen-bond acceptors (Lipinski definition) is 6. The van der Waals surface area contributed by atoms with Gasteiger partial charge in [-0.25, -0.2) is 9.59 Å². The van der Waals surface area contributed by atoms with Crippen molar-refractivity contribution < 1.29 is 28.2 Å². The summed E-state index contributed by atoms with van der Waals surface area (Å²) in [6, 6.07) is 10.4. The molecule has 0 unspecified atom stereocenters. The summed E-state index contributed by atoms with van der Waals surface area (Å²) < 4.78 is 20.3. The molecule has 2 aromatic rings. The Balaban J connectivity index is 1.91. The first-order valence-corrected chi connectivity index (χ1v) is 7.37. The number of furan rings is 1. The Hall–Kier alpha value is -3.02. The number of hydrogen-bond donors (Lipinski definition) is 0. The number of carbonyl (C=O) groups excluding carboxylic acids is 2. The van der Waals surface area contributed by atoms with Crippen LogP contribution < -0.4 is 4.74 Å². The predicted molar refractivity (Wildman–Crippen MR) is 86.5 cm³/mol. The molecule has 0 bridgehead atoms. The molecule has 0 saturated heterocycles. The smallest absolute Gasteiger partial charge is 0.373 e. The van der Waals surface area contributed by atoms with Gasteiger partial charge >= 0.3 is 11.9 Å². The molecular formula is C18H18O6. The minimum Gasteiger partial charge on any atom is -0.493 e. The molecule has 126 valence electrons. The van der Waals surface area contributed by atoms with E-state index in [1.54, 1.807) is 12.1 Å². The van der Waals surface area contributed by atoms with Crippen molar-refractivity contribution in [3.63, 3.8) is 0 Å². The molecule has 0 atom stereocenters. The molecule has 0 amide bonds. The minimum absolute atomic E-state index is 0.0599. The van der Waals surface area contributed by atoms with Crippen LogP contribution in [0.3, 0.4) is 0 Å². The van der Waals surface area contributed by atoms with E-state index in [-0.39, 0.29) is 12.4 Å². The molecule has 6 heteroatoms. The van der Waals surface area contributed by atoms with Gasteiger partial charge in [-0.2, -0.15) is 0 Å². The molecule has 0 spiro atoms. The van der Waals surface area contributed by atoms with E-state index in [0.29, 0.717) is 18.1 Å². The molecule has 0 aliphatic carbocycles. The Labute approximate surface area is 139 Å². The lowest BCUT2D eigenvalue weighted by molar-refractivity contribution is -0.139. The zero-order chi connectivity index (χ0) is 17.4. The first kappa shape index (κ1) is 17.3. The van der Waals surface area contributed by atoms with Gasteiger partial charge in [0.25, 0.3) is 0 Å². The van der Waals surface area contributed by atoms with Gasteiger partial charge < -0.3 is 18.6 Å². The van der Waals surface area contributed by atoms with Crippen LogP contribution in [0.4, 0.5) is 0 Å². The van der Waals surface area contributed by atoms with Crippen LogP contribution in [0.15, 0.2) is 46.9 Å². The topological polar surface area (TPSA) is 75.0 Å². The van der Waals surface area contributed by atoms with Crippen LogP contribution in [0.2, 0.25) is 0 Å². The maximum absolute atomic E-state index is 11.8. The molecule has 0 N–H and O–H groups in total. The molecule has 1 aromatic heterocycles. The molecule has 2 rings (SSSR count). The second kappa shape index (κ2) is 8.57. The van der Waals surface area contributed by atoms with E-state index in [0.717, 1.165) is 5.56 Å². The third kappa shape index (κ3) is 4.74. The van der Waals surface area contributed by atoms with E-state index in [9.17, 15) is 9.59 Å². The van der Waals surface area contributed by atoms with Crippen LogP contribution in [0.25, 0.3) is 6.08 Å². The van der Waals surface area contributed by atoms with Gasteiger partial charge in [0.2, 0.25) is 5.76 Å². The number of ether oxygens (including phenoxy) is 3. The zero-order valence-electron chi connectivity index (χ0n) is 13.5. The summed E-state index contributed by atoms with van der Waals surface area (Å²) in [6.45, 7) is 2.35. The number of para-hydroxylation sites is 1. The fourth-order valence-electron chi connectivity index (χ4n) is 1.92. The minimum atomic E-state index is -0.583. The highest BCUT2D eigenvalue weighted by atomic mass is 16.5. The third-order valence-corrected chi connectivity index (χ3v) is 3.02. The fourth-order valence-corrected chi connectivity index (χ4v) is 1.92. The highest BCUT2D eigenvalue weighted by molar-refractivity contribution is 5.87. The molecule has 0 radical (unpaired) electrons.